The number of nitrogens with zero attached hydrogens (tertiary/aromatic N) is 5. The molecule has 1 aliphatic heterocycles. The monoisotopic (exact) mass is 562 g/mol. The number of carbonyl (C=O) groups is 1. The molecule has 1 aliphatic rings. The molecule has 2 aromatic heterocycles. The van der Waals surface area contributed by atoms with Gasteiger partial charge in [0.2, 0.25) is 5.91 Å². The number of amides is 1. The Labute approximate surface area is 244 Å². The van der Waals surface area contributed by atoms with Crippen molar-refractivity contribution in [2.75, 3.05) is 18.8 Å². The molecular weight excluding hydrogens is 528 g/mol. The molecule has 0 radical (unpaired) electrons. The Hall–Kier alpha value is -4.92. The van der Waals surface area contributed by atoms with Gasteiger partial charge in [-0.25, -0.2) is 14.6 Å². The van der Waals surface area contributed by atoms with Crippen LogP contribution in [0.4, 0.5) is 5.82 Å². The number of hydrogen-bond donors (Lipinski definition) is 1. The Morgan fingerprint density at radius 1 is 0.976 bits per heavy atom. The van der Waals surface area contributed by atoms with Gasteiger partial charge in [-0.15, -0.1) is 0 Å². The minimum Gasteiger partial charge on any atom is -0.489 e. The molecule has 0 aliphatic carbocycles. The van der Waals surface area contributed by atoms with E-state index in [-0.39, 0.29) is 11.9 Å². The quantitative estimate of drug-likeness (QED) is 0.221. The first-order valence-corrected chi connectivity index (χ1v) is 14.4. The summed E-state index contributed by atoms with van der Waals surface area (Å²) in [5.74, 6) is 2.67. The van der Waals surface area contributed by atoms with E-state index in [1.807, 2.05) is 95.4 Å². The van der Waals surface area contributed by atoms with Crippen LogP contribution in [0.1, 0.15) is 44.2 Å². The van der Waals surface area contributed by atoms with Crippen LogP contribution in [0.3, 0.4) is 0 Å². The van der Waals surface area contributed by atoms with Crippen LogP contribution in [0, 0.1) is 0 Å². The van der Waals surface area contributed by atoms with E-state index in [4.69, 9.17) is 20.3 Å². The van der Waals surface area contributed by atoms with Crippen molar-refractivity contribution in [2.45, 2.75) is 45.3 Å². The van der Waals surface area contributed by atoms with E-state index >= 15 is 0 Å². The van der Waals surface area contributed by atoms with Crippen molar-refractivity contribution in [1.82, 2.24) is 24.6 Å². The normalized spacial score (nSPS) is 15.1. The Morgan fingerprint density at radius 2 is 1.79 bits per heavy atom. The summed E-state index contributed by atoms with van der Waals surface area (Å²) in [6.45, 7) is 3.91. The summed E-state index contributed by atoms with van der Waals surface area (Å²) >= 11 is 0. The SMILES string of the molecule is CCCC(=O)N1CCCC(n2nc(-c3ccc(Oc4cccc(OCc5ccccc5)c4)cc3)c3c(N)ncnc32)C1. The number of nitrogens with two attached hydrogens (primary N) is 1. The van der Waals surface area contributed by atoms with Gasteiger partial charge in [-0.2, -0.15) is 5.10 Å². The van der Waals surface area contributed by atoms with E-state index in [0.29, 0.717) is 53.6 Å². The molecule has 5 aromatic rings. The predicted octanol–water partition coefficient (Wildman–Crippen LogP) is 6.41. The molecule has 0 saturated carbocycles. The molecule has 1 unspecified atom stereocenters. The highest BCUT2D eigenvalue weighted by Gasteiger charge is 2.28. The van der Waals surface area contributed by atoms with Crippen LogP contribution >= 0.6 is 0 Å². The fourth-order valence-corrected chi connectivity index (χ4v) is 5.39. The molecule has 1 amide bonds. The Bertz CT molecular complexity index is 1670. The van der Waals surface area contributed by atoms with Crippen molar-refractivity contribution in [2.24, 2.45) is 0 Å². The number of fused-ring (bicyclic) bond motifs is 1. The first-order valence-electron chi connectivity index (χ1n) is 14.4. The summed E-state index contributed by atoms with van der Waals surface area (Å²) in [6, 6.07) is 25.4. The van der Waals surface area contributed by atoms with Crippen molar-refractivity contribution in [3.05, 3.63) is 90.8 Å². The average molecular weight is 563 g/mol. The molecule has 214 valence electrons. The molecule has 9 nitrogen and oxygen atoms in total. The number of hydrogen-bond acceptors (Lipinski definition) is 7. The maximum Gasteiger partial charge on any atom is 0.222 e. The van der Waals surface area contributed by atoms with Crippen molar-refractivity contribution in [3.8, 4) is 28.5 Å². The number of anilines is 1. The van der Waals surface area contributed by atoms with Crippen molar-refractivity contribution in [1.29, 1.82) is 0 Å². The number of rotatable bonds is 9. The van der Waals surface area contributed by atoms with E-state index in [2.05, 4.69) is 9.97 Å². The summed E-state index contributed by atoms with van der Waals surface area (Å²) in [6.07, 6.45) is 4.70. The van der Waals surface area contributed by atoms with Gasteiger partial charge in [0, 0.05) is 31.1 Å². The fraction of sp³-hybridized carbons (Fsp3) is 0.273. The van der Waals surface area contributed by atoms with Gasteiger partial charge >= 0.3 is 0 Å². The average Bonchev–Trinajstić information content (AvgIpc) is 3.42. The zero-order valence-corrected chi connectivity index (χ0v) is 23.6. The Kier molecular flexibility index (Phi) is 7.98. The third-order valence-corrected chi connectivity index (χ3v) is 7.49. The number of piperidine rings is 1. The van der Waals surface area contributed by atoms with Gasteiger partial charge < -0.3 is 20.1 Å². The molecule has 42 heavy (non-hydrogen) atoms. The first-order chi connectivity index (χ1) is 20.6. The molecule has 2 N–H and O–H groups in total. The predicted molar refractivity (Wildman–Crippen MR) is 162 cm³/mol. The highest BCUT2D eigenvalue weighted by Crippen LogP contribution is 2.35. The van der Waals surface area contributed by atoms with Gasteiger partial charge in [0.15, 0.2) is 5.65 Å². The fourth-order valence-electron chi connectivity index (χ4n) is 5.39. The maximum absolute atomic E-state index is 12.6. The molecule has 9 heteroatoms. The minimum absolute atomic E-state index is 0.0177. The number of ether oxygens (including phenoxy) is 2. The van der Waals surface area contributed by atoms with Crippen LogP contribution in [0.2, 0.25) is 0 Å². The van der Waals surface area contributed by atoms with Crippen molar-refractivity contribution < 1.29 is 14.3 Å². The Morgan fingerprint density at radius 3 is 2.60 bits per heavy atom. The number of aromatic nitrogens is 4. The van der Waals surface area contributed by atoms with Gasteiger partial charge in [0.25, 0.3) is 0 Å². The second-order valence-electron chi connectivity index (χ2n) is 10.5. The third kappa shape index (κ3) is 5.90. The van der Waals surface area contributed by atoms with Gasteiger partial charge in [0.05, 0.1) is 11.4 Å². The summed E-state index contributed by atoms with van der Waals surface area (Å²) in [4.78, 5) is 23.4. The number of likely N-dealkylation sites (tertiary alicyclic amines) is 1. The number of carbonyl (C=O) groups excluding carboxylic acids is 1. The molecular formula is C33H34N6O3. The van der Waals surface area contributed by atoms with E-state index in [0.717, 1.165) is 42.7 Å². The lowest BCUT2D eigenvalue weighted by Crippen LogP contribution is -2.40. The van der Waals surface area contributed by atoms with E-state index < -0.39 is 0 Å². The van der Waals surface area contributed by atoms with Gasteiger partial charge in [-0.3, -0.25) is 4.79 Å². The lowest BCUT2D eigenvalue weighted by Gasteiger charge is -2.33. The van der Waals surface area contributed by atoms with E-state index in [1.165, 1.54) is 6.33 Å². The van der Waals surface area contributed by atoms with Crippen LogP contribution in [0.25, 0.3) is 22.3 Å². The van der Waals surface area contributed by atoms with Crippen LogP contribution in [0.5, 0.6) is 17.2 Å². The summed E-state index contributed by atoms with van der Waals surface area (Å²) < 4.78 is 14.0. The van der Waals surface area contributed by atoms with Crippen LogP contribution in [-0.4, -0.2) is 43.6 Å². The topological polar surface area (TPSA) is 108 Å². The van der Waals surface area contributed by atoms with E-state index in [1.54, 1.807) is 0 Å². The highest BCUT2D eigenvalue weighted by molar-refractivity contribution is 5.98. The van der Waals surface area contributed by atoms with Crippen LogP contribution < -0.4 is 15.2 Å². The van der Waals surface area contributed by atoms with Crippen molar-refractivity contribution >= 4 is 22.8 Å². The van der Waals surface area contributed by atoms with Crippen molar-refractivity contribution in [3.63, 3.8) is 0 Å². The summed E-state index contributed by atoms with van der Waals surface area (Å²) in [7, 11) is 0. The Balaban J connectivity index is 1.21. The zero-order chi connectivity index (χ0) is 28.9. The summed E-state index contributed by atoms with van der Waals surface area (Å²) in [5.41, 5.74) is 9.73. The molecule has 1 atom stereocenters. The van der Waals surface area contributed by atoms with Crippen LogP contribution in [0.15, 0.2) is 85.2 Å². The minimum atomic E-state index is 0.0177. The molecule has 1 fully saturated rings. The van der Waals surface area contributed by atoms with Gasteiger partial charge in [-0.1, -0.05) is 43.3 Å². The van der Waals surface area contributed by atoms with Gasteiger partial charge in [0.1, 0.15) is 41.7 Å². The third-order valence-electron chi connectivity index (χ3n) is 7.49. The smallest absolute Gasteiger partial charge is 0.222 e. The molecule has 6 rings (SSSR count). The zero-order valence-electron chi connectivity index (χ0n) is 23.6. The number of nitrogen functional groups attached to an aromatic ring is 1. The largest absolute Gasteiger partial charge is 0.489 e. The molecule has 3 heterocycles. The maximum atomic E-state index is 12.6. The first kappa shape index (κ1) is 27.3. The summed E-state index contributed by atoms with van der Waals surface area (Å²) in [5, 5.41) is 5.71. The van der Waals surface area contributed by atoms with E-state index in [9.17, 15) is 4.79 Å². The lowest BCUT2D eigenvalue weighted by molar-refractivity contribution is -0.132. The highest BCUT2D eigenvalue weighted by atomic mass is 16.5. The standard InChI is InChI=1S/C33H34N6O3/c1-2-8-29(40)38-18-7-11-25(20-38)39-33-30(32(34)35-22-36-33)31(37-39)24-14-16-26(17-15-24)42-28-13-6-12-27(19-28)41-21-23-9-4-3-5-10-23/h3-6,9-10,12-17,19,22,25H,2,7-8,11,18,20-21H2,1H3,(H2,34,35,36). The molecule has 0 spiro atoms. The molecule has 1 saturated heterocycles. The molecule has 3 aromatic carbocycles. The van der Waals surface area contributed by atoms with Gasteiger partial charge in [-0.05, 0) is 61.2 Å². The van der Waals surface area contributed by atoms with Crippen LogP contribution in [-0.2, 0) is 11.4 Å². The molecule has 0 bridgehead atoms. The second-order valence-corrected chi connectivity index (χ2v) is 10.5. The lowest BCUT2D eigenvalue weighted by atomic mass is 10.1. The second kappa shape index (κ2) is 12.3. The number of benzene rings is 3.